The molecule has 0 N–H and O–H groups in total. The van der Waals surface area contributed by atoms with Gasteiger partial charge in [-0.05, 0) is 38.3 Å². The van der Waals surface area contributed by atoms with Crippen LogP contribution in [0.2, 0.25) is 0 Å². The van der Waals surface area contributed by atoms with Crippen LogP contribution in [0.15, 0.2) is 7.57 Å². The van der Waals surface area contributed by atoms with Crippen molar-refractivity contribution in [3.8, 4) is 0 Å². The summed E-state index contributed by atoms with van der Waals surface area (Å²) in [5, 5.41) is 0.138. The van der Waals surface area contributed by atoms with Gasteiger partial charge in [0, 0.05) is 11.1 Å². The first kappa shape index (κ1) is 9.78. The lowest BCUT2D eigenvalue weighted by Gasteiger charge is -1.98. The summed E-state index contributed by atoms with van der Waals surface area (Å²) < 4.78 is 2.21. The zero-order valence-electron chi connectivity index (χ0n) is 5.78. The predicted molar refractivity (Wildman–Crippen MR) is 61.5 cm³/mol. The fraction of sp³-hybridized carbons (Fsp3) is 0.429. The number of thiophene rings is 1. The molecule has 0 spiro atoms. The molecule has 2 atom stereocenters. The van der Waals surface area contributed by atoms with Crippen LogP contribution in [0.5, 0.6) is 0 Å². The molecular formula is C7H4Br2Cl2S. The molecule has 0 nitrogen and oxygen atoms in total. The largest absolute Gasteiger partial charge is 0.121 e. The van der Waals surface area contributed by atoms with Crippen LogP contribution in [0, 0.1) is 0 Å². The molecule has 0 fully saturated rings. The van der Waals surface area contributed by atoms with Gasteiger partial charge in [0.25, 0.3) is 0 Å². The van der Waals surface area contributed by atoms with E-state index in [9.17, 15) is 0 Å². The van der Waals surface area contributed by atoms with E-state index in [0.29, 0.717) is 0 Å². The van der Waals surface area contributed by atoms with Crippen molar-refractivity contribution in [1.29, 1.82) is 0 Å². The molecule has 0 saturated heterocycles. The number of fused-ring (bicyclic) bond motifs is 1. The standard InChI is InChI=1S/C7H4Br2Cl2S/c8-6-4-2(10)1-3(11)5(4)7(9)12-6/h2-3H,1H2/t2-,3-/m0/s1. The molecular weight excluding hydrogens is 347 g/mol. The highest BCUT2D eigenvalue weighted by Gasteiger charge is 2.34. The van der Waals surface area contributed by atoms with E-state index in [-0.39, 0.29) is 10.8 Å². The van der Waals surface area contributed by atoms with E-state index >= 15 is 0 Å². The van der Waals surface area contributed by atoms with E-state index in [4.69, 9.17) is 23.2 Å². The Hall–Kier alpha value is 1.24. The number of alkyl halides is 2. The second-order valence-corrected chi connectivity index (χ2v) is 7.36. The maximum Gasteiger partial charge on any atom is 0.0760 e. The van der Waals surface area contributed by atoms with Crippen LogP contribution >= 0.6 is 66.4 Å². The molecule has 0 radical (unpaired) electrons. The molecule has 66 valence electrons. The summed E-state index contributed by atoms with van der Waals surface area (Å²) in [6.07, 6.45) is 0.832. The molecule has 0 aromatic carbocycles. The molecule has 0 aliphatic heterocycles. The SMILES string of the molecule is Cl[C@H]1C[C@H](Cl)c2c(Br)sc(Br)c21. The average Bonchev–Trinajstić information content (AvgIpc) is 2.38. The topological polar surface area (TPSA) is 0 Å². The van der Waals surface area contributed by atoms with E-state index in [1.165, 1.54) is 11.1 Å². The van der Waals surface area contributed by atoms with E-state index in [1.807, 2.05) is 0 Å². The molecule has 1 aliphatic carbocycles. The van der Waals surface area contributed by atoms with Crippen LogP contribution in [0.25, 0.3) is 0 Å². The Morgan fingerprint density at radius 3 is 1.92 bits per heavy atom. The van der Waals surface area contributed by atoms with Crippen LogP contribution in [-0.2, 0) is 0 Å². The first-order valence-corrected chi connectivity index (χ1v) is 6.64. The van der Waals surface area contributed by atoms with Crippen LogP contribution in [0.3, 0.4) is 0 Å². The maximum atomic E-state index is 6.13. The smallest absolute Gasteiger partial charge is 0.0760 e. The number of halogens is 4. The fourth-order valence-corrected chi connectivity index (χ4v) is 6.18. The van der Waals surface area contributed by atoms with E-state index in [2.05, 4.69) is 31.9 Å². The first-order chi connectivity index (χ1) is 5.61. The van der Waals surface area contributed by atoms with Crippen molar-refractivity contribution in [2.24, 2.45) is 0 Å². The van der Waals surface area contributed by atoms with E-state index in [0.717, 1.165) is 14.0 Å². The van der Waals surface area contributed by atoms with Crippen LogP contribution in [0.4, 0.5) is 0 Å². The van der Waals surface area contributed by atoms with Gasteiger partial charge in [-0.2, -0.15) is 0 Å². The van der Waals surface area contributed by atoms with Gasteiger partial charge >= 0.3 is 0 Å². The molecule has 0 bridgehead atoms. The third kappa shape index (κ3) is 1.38. The Labute approximate surface area is 102 Å². The Bertz CT molecular complexity index is 295. The summed E-state index contributed by atoms with van der Waals surface area (Å²) in [7, 11) is 0. The highest BCUT2D eigenvalue weighted by molar-refractivity contribution is 9.12. The van der Waals surface area contributed by atoms with Crippen molar-refractivity contribution in [3.05, 3.63) is 18.7 Å². The maximum absolute atomic E-state index is 6.13. The first-order valence-electron chi connectivity index (χ1n) is 3.37. The third-order valence-electron chi connectivity index (χ3n) is 1.93. The minimum Gasteiger partial charge on any atom is -0.121 e. The van der Waals surface area contributed by atoms with Gasteiger partial charge in [0.15, 0.2) is 0 Å². The van der Waals surface area contributed by atoms with E-state index < -0.39 is 0 Å². The van der Waals surface area contributed by atoms with Gasteiger partial charge in [-0.15, -0.1) is 34.5 Å². The van der Waals surface area contributed by atoms with Crippen molar-refractivity contribution < 1.29 is 0 Å². The van der Waals surface area contributed by atoms with Crippen molar-refractivity contribution >= 4 is 66.4 Å². The van der Waals surface area contributed by atoms with Gasteiger partial charge in [0.2, 0.25) is 0 Å². The Kier molecular flexibility index (Phi) is 2.79. The van der Waals surface area contributed by atoms with Crippen molar-refractivity contribution in [2.75, 3.05) is 0 Å². The highest BCUT2D eigenvalue weighted by Crippen LogP contribution is 2.55. The molecule has 1 aromatic heterocycles. The summed E-state index contributed by atoms with van der Waals surface area (Å²) in [5.74, 6) is 0. The van der Waals surface area contributed by atoms with Gasteiger partial charge in [0.05, 0.1) is 18.3 Å². The number of hydrogen-bond donors (Lipinski definition) is 0. The minimum atomic E-state index is 0.0689. The summed E-state index contributed by atoms with van der Waals surface area (Å²) in [6.45, 7) is 0. The summed E-state index contributed by atoms with van der Waals surface area (Å²) in [6, 6.07) is 0. The monoisotopic (exact) mass is 348 g/mol. The Morgan fingerprint density at radius 1 is 1.08 bits per heavy atom. The molecule has 0 unspecified atom stereocenters. The van der Waals surface area contributed by atoms with Gasteiger partial charge in [-0.25, -0.2) is 0 Å². The molecule has 1 heterocycles. The number of rotatable bonds is 0. The Morgan fingerprint density at radius 2 is 1.50 bits per heavy atom. The lowest BCUT2D eigenvalue weighted by molar-refractivity contribution is 0.853. The van der Waals surface area contributed by atoms with E-state index in [1.54, 1.807) is 11.3 Å². The zero-order valence-corrected chi connectivity index (χ0v) is 11.3. The van der Waals surface area contributed by atoms with Crippen molar-refractivity contribution in [1.82, 2.24) is 0 Å². The zero-order chi connectivity index (χ0) is 8.88. The molecule has 2 rings (SSSR count). The molecule has 5 heteroatoms. The Balaban J connectivity index is 2.62. The van der Waals surface area contributed by atoms with Crippen LogP contribution in [0.1, 0.15) is 28.3 Å². The lowest BCUT2D eigenvalue weighted by atomic mass is 10.2. The quantitative estimate of drug-likeness (QED) is 0.561. The minimum absolute atomic E-state index is 0.0689. The second-order valence-electron chi connectivity index (χ2n) is 2.65. The van der Waals surface area contributed by atoms with Gasteiger partial charge < -0.3 is 0 Å². The number of hydrogen-bond acceptors (Lipinski definition) is 1. The molecule has 0 saturated carbocycles. The van der Waals surface area contributed by atoms with Gasteiger partial charge in [-0.3, -0.25) is 0 Å². The second kappa shape index (κ2) is 3.43. The van der Waals surface area contributed by atoms with Crippen molar-refractivity contribution in [2.45, 2.75) is 17.2 Å². The third-order valence-corrected chi connectivity index (χ3v) is 5.35. The average molecular weight is 351 g/mol. The normalized spacial score (nSPS) is 27.7. The van der Waals surface area contributed by atoms with Crippen LogP contribution in [-0.4, -0.2) is 0 Å². The fourth-order valence-electron chi connectivity index (χ4n) is 1.40. The van der Waals surface area contributed by atoms with Gasteiger partial charge in [-0.1, -0.05) is 0 Å². The predicted octanol–water partition coefficient (Wildman–Crippen LogP) is 5.24. The summed E-state index contributed by atoms with van der Waals surface area (Å²) >= 11 is 20.9. The molecule has 12 heavy (non-hydrogen) atoms. The molecule has 1 aliphatic rings. The summed E-state index contributed by atoms with van der Waals surface area (Å²) in [4.78, 5) is 0. The summed E-state index contributed by atoms with van der Waals surface area (Å²) in [5.41, 5.74) is 2.35. The molecule has 0 amide bonds. The van der Waals surface area contributed by atoms with Gasteiger partial charge in [0.1, 0.15) is 0 Å². The lowest BCUT2D eigenvalue weighted by Crippen LogP contribution is -1.79. The van der Waals surface area contributed by atoms with Crippen LogP contribution < -0.4 is 0 Å². The highest BCUT2D eigenvalue weighted by atomic mass is 79.9. The molecule has 1 aromatic rings. The van der Waals surface area contributed by atoms with Crippen molar-refractivity contribution in [3.63, 3.8) is 0 Å².